The average Bonchev–Trinajstić information content (AvgIpc) is 2.42. The Morgan fingerprint density at radius 2 is 2.00 bits per heavy atom. The van der Waals surface area contributed by atoms with Crippen LogP contribution in [0.2, 0.25) is 0 Å². The number of hydrogen-bond acceptors (Lipinski definition) is 4. The quantitative estimate of drug-likeness (QED) is 0.748. The monoisotopic (exact) mass is 298 g/mol. The van der Waals surface area contributed by atoms with E-state index in [-0.39, 0.29) is 10.5 Å². The summed E-state index contributed by atoms with van der Waals surface area (Å²) in [7, 11) is -3.57. The van der Waals surface area contributed by atoms with Crippen LogP contribution in [0, 0.1) is 11.3 Å². The van der Waals surface area contributed by atoms with Crippen molar-refractivity contribution in [3.05, 3.63) is 29.8 Å². The van der Waals surface area contributed by atoms with Crippen molar-refractivity contribution in [2.75, 3.05) is 18.6 Å². The van der Waals surface area contributed by atoms with E-state index in [9.17, 15) is 8.42 Å². The van der Waals surface area contributed by atoms with Crippen LogP contribution in [0.15, 0.2) is 29.2 Å². The van der Waals surface area contributed by atoms with Gasteiger partial charge in [0.2, 0.25) is 10.0 Å². The fourth-order valence-corrected chi connectivity index (χ4v) is 3.35. The minimum Gasteiger partial charge on any atom is -0.211 e. The largest absolute Gasteiger partial charge is 0.241 e. The van der Waals surface area contributed by atoms with Crippen molar-refractivity contribution in [1.82, 2.24) is 4.72 Å². The highest BCUT2D eigenvalue weighted by Crippen LogP contribution is 2.14. The SMILES string of the molecule is CSCCCCCNS(=O)(=O)c1ccccc1C#N. The second-order valence-electron chi connectivity index (χ2n) is 4.06. The Morgan fingerprint density at radius 1 is 1.26 bits per heavy atom. The van der Waals surface area contributed by atoms with Crippen LogP contribution in [-0.2, 0) is 10.0 Å². The van der Waals surface area contributed by atoms with Crippen molar-refractivity contribution >= 4 is 21.8 Å². The summed E-state index contributed by atoms with van der Waals surface area (Å²) < 4.78 is 26.6. The molecule has 0 radical (unpaired) electrons. The predicted octanol–water partition coefficient (Wildman–Crippen LogP) is 2.37. The van der Waals surface area contributed by atoms with Crippen LogP contribution < -0.4 is 4.72 Å². The van der Waals surface area contributed by atoms with E-state index in [1.54, 1.807) is 23.9 Å². The highest BCUT2D eigenvalue weighted by Gasteiger charge is 2.16. The van der Waals surface area contributed by atoms with Gasteiger partial charge < -0.3 is 0 Å². The zero-order valence-electron chi connectivity index (χ0n) is 10.9. The molecule has 0 aliphatic heterocycles. The Hall–Kier alpha value is -1.03. The molecule has 1 N–H and O–H groups in total. The Kier molecular flexibility index (Phi) is 6.92. The molecule has 4 nitrogen and oxygen atoms in total. The predicted molar refractivity (Wildman–Crippen MR) is 78.6 cm³/mol. The maximum atomic E-state index is 12.0. The third-order valence-electron chi connectivity index (χ3n) is 2.61. The van der Waals surface area contributed by atoms with Crippen molar-refractivity contribution in [3.8, 4) is 6.07 Å². The van der Waals surface area contributed by atoms with Crippen molar-refractivity contribution in [1.29, 1.82) is 5.26 Å². The van der Waals surface area contributed by atoms with Crippen molar-refractivity contribution in [2.24, 2.45) is 0 Å². The third-order valence-corrected chi connectivity index (χ3v) is 4.83. The summed E-state index contributed by atoms with van der Waals surface area (Å²) in [4.78, 5) is 0.0570. The maximum absolute atomic E-state index is 12.0. The number of rotatable bonds is 8. The van der Waals surface area contributed by atoms with Crippen LogP contribution in [0.1, 0.15) is 24.8 Å². The van der Waals surface area contributed by atoms with Crippen LogP contribution in [0.3, 0.4) is 0 Å². The lowest BCUT2D eigenvalue weighted by atomic mass is 10.2. The lowest BCUT2D eigenvalue weighted by molar-refractivity contribution is 0.576. The van der Waals surface area contributed by atoms with E-state index in [4.69, 9.17) is 5.26 Å². The van der Waals surface area contributed by atoms with Gasteiger partial charge in [-0.25, -0.2) is 13.1 Å². The van der Waals surface area contributed by atoms with Gasteiger partial charge in [-0.05, 0) is 37.0 Å². The molecule has 0 fully saturated rings. The summed E-state index contributed by atoms with van der Waals surface area (Å²) in [6, 6.07) is 8.13. The van der Waals surface area contributed by atoms with Crippen LogP contribution >= 0.6 is 11.8 Å². The summed E-state index contributed by atoms with van der Waals surface area (Å²) in [5.74, 6) is 1.10. The number of nitrogens with one attached hydrogen (secondary N) is 1. The summed E-state index contributed by atoms with van der Waals surface area (Å²) in [5.41, 5.74) is 0.178. The first kappa shape index (κ1) is 16.0. The van der Waals surface area contributed by atoms with Crippen LogP contribution in [-0.4, -0.2) is 27.0 Å². The topological polar surface area (TPSA) is 70.0 Å². The highest BCUT2D eigenvalue weighted by molar-refractivity contribution is 7.98. The molecule has 1 aromatic carbocycles. The molecule has 1 rings (SSSR count). The van der Waals surface area contributed by atoms with Gasteiger partial charge >= 0.3 is 0 Å². The normalized spacial score (nSPS) is 11.2. The maximum Gasteiger partial charge on any atom is 0.241 e. The smallest absolute Gasteiger partial charge is 0.211 e. The molecule has 6 heteroatoms. The second-order valence-corrected chi connectivity index (χ2v) is 6.78. The van der Waals surface area contributed by atoms with Crippen LogP contribution in [0.4, 0.5) is 0 Å². The van der Waals surface area contributed by atoms with E-state index < -0.39 is 10.0 Å². The summed E-state index contributed by atoms with van der Waals surface area (Å²) in [6.07, 6.45) is 4.97. The molecular formula is C13H18N2O2S2. The van der Waals surface area contributed by atoms with Gasteiger partial charge in [-0.1, -0.05) is 18.6 Å². The van der Waals surface area contributed by atoms with Crippen molar-refractivity contribution in [2.45, 2.75) is 24.2 Å². The fourth-order valence-electron chi connectivity index (χ4n) is 1.63. The number of nitriles is 1. The molecule has 0 spiro atoms. The zero-order chi connectivity index (χ0) is 14.1. The van der Waals surface area contributed by atoms with E-state index in [2.05, 4.69) is 11.0 Å². The molecule has 19 heavy (non-hydrogen) atoms. The van der Waals surface area contributed by atoms with E-state index in [1.807, 2.05) is 6.07 Å². The molecule has 0 heterocycles. The minimum atomic E-state index is -3.57. The number of thioether (sulfide) groups is 1. The van der Waals surface area contributed by atoms with Gasteiger partial charge in [0.25, 0.3) is 0 Å². The minimum absolute atomic E-state index is 0.0570. The Balaban J connectivity index is 2.55. The molecule has 0 aliphatic carbocycles. The highest BCUT2D eigenvalue weighted by atomic mass is 32.2. The number of hydrogen-bond donors (Lipinski definition) is 1. The standard InChI is InChI=1S/C13H18N2O2S2/c1-18-10-6-2-5-9-15-19(16,17)13-8-4-3-7-12(13)11-14/h3-4,7-8,15H,2,5-6,9-10H2,1H3. The first-order valence-corrected chi connectivity index (χ1v) is 8.97. The van der Waals surface area contributed by atoms with Gasteiger partial charge in [0.15, 0.2) is 0 Å². The molecule has 0 saturated heterocycles. The molecule has 0 bridgehead atoms. The average molecular weight is 298 g/mol. The Labute approximate surface area is 119 Å². The lowest BCUT2D eigenvalue weighted by Gasteiger charge is -2.07. The van der Waals surface area contributed by atoms with Gasteiger partial charge in [0.05, 0.1) is 10.5 Å². The molecular weight excluding hydrogens is 280 g/mol. The lowest BCUT2D eigenvalue weighted by Crippen LogP contribution is -2.25. The van der Waals surface area contributed by atoms with E-state index in [1.165, 1.54) is 12.1 Å². The third kappa shape index (κ3) is 5.23. The molecule has 0 aliphatic rings. The zero-order valence-corrected chi connectivity index (χ0v) is 12.6. The molecule has 1 aromatic rings. The van der Waals surface area contributed by atoms with Gasteiger partial charge in [0.1, 0.15) is 6.07 Å². The molecule has 104 valence electrons. The number of unbranched alkanes of at least 4 members (excludes halogenated alkanes) is 2. The first-order valence-electron chi connectivity index (χ1n) is 6.09. The van der Waals surface area contributed by atoms with Gasteiger partial charge in [-0.3, -0.25) is 0 Å². The molecule has 0 atom stereocenters. The second kappa shape index (κ2) is 8.20. The van der Waals surface area contributed by atoms with Crippen LogP contribution in [0.25, 0.3) is 0 Å². The van der Waals surface area contributed by atoms with E-state index >= 15 is 0 Å². The van der Waals surface area contributed by atoms with Crippen molar-refractivity contribution < 1.29 is 8.42 Å². The molecule has 0 unspecified atom stereocenters. The Morgan fingerprint density at radius 3 is 2.68 bits per heavy atom. The van der Waals surface area contributed by atoms with Crippen LogP contribution in [0.5, 0.6) is 0 Å². The summed E-state index contributed by atoms with van der Waals surface area (Å²) in [5, 5.41) is 8.91. The first-order chi connectivity index (χ1) is 9.11. The van der Waals surface area contributed by atoms with E-state index in [0.29, 0.717) is 6.54 Å². The molecule has 0 aromatic heterocycles. The Bertz CT molecular complexity index is 536. The van der Waals surface area contributed by atoms with Crippen molar-refractivity contribution in [3.63, 3.8) is 0 Å². The van der Waals surface area contributed by atoms with Gasteiger partial charge in [-0.15, -0.1) is 0 Å². The summed E-state index contributed by atoms with van der Waals surface area (Å²) in [6.45, 7) is 0.413. The van der Waals surface area contributed by atoms with E-state index in [0.717, 1.165) is 25.0 Å². The summed E-state index contributed by atoms with van der Waals surface area (Å²) >= 11 is 1.79. The van der Waals surface area contributed by atoms with Gasteiger partial charge in [0, 0.05) is 6.54 Å². The number of benzene rings is 1. The molecule has 0 saturated carbocycles. The number of sulfonamides is 1. The fraction of sp³-hybridized carbons (Fsp3) is 0.462. The number of nitrogens with zero attached hydrogens (tertiary/aromatic N) is 1. The molecule has 0 amide bonds. The van der Waals surface area contributed by atoms with Gasteiger partial charge in [-0.2, -0.15) is 17.0 Å².